The first kappa shape index (κ1) is 12.7. The minimum Gasteiger partial charge on any atom is -0.489 e. The zero-order chi connectivity index (χ0) is 12.6. The molecule has 0 aromatic heterocycles. The Kier molecular flexibility index (Phi) is 4.83. The second-order valence-corrected chi connectivity index (χ2v) is 4.38. The lowest BCUT2D eigenvalue weighted by Crippen LogP contribution is -1.95. The summed E-state index contributed by atoms with van der Waals surface area (Å²) in [5, 5.41) is 0. The Morgan fingerprint density at radius 3 is 2.44 bits per heavy atom. The fourth-order valence-electron chi connectivity index (χ4n) is 1.86. The van der Waals surface area contributed by atoms with Crippen molar-refractivity contribution in [3.63, 3.8) is 0 Å². The van der Waals surface area contributed by atoms with Crippen LogP contribution < -0.4 is 4.74 Å². The summed E-state index contributed by atoms with van der Waals surface area (Å²) in [4.78, 5) is 0. The Morgan fingerprint density at radius 1 is 0.889 bits per heavy atom. The van der Waals surface area contributed by atoms with E-state index in [0.29, 0.717) is 6.61 Å². The third kappa shape index (κ3) is 3.92. The van der Waals surface area contributed by atoms with Crippen LogP contribution in [0.5, 0.6) is 5.75 Å². The minimum atomic E-state index is 0.625. The first-order chi connectivity index (χ1) is 8.88. The van der Waals surface area contributed by atoms with Gasteiger partial charge >= 0.3 is 0 Å². The lowest BCUT2D eigenvalue weighted by Gasteiger charge is -2.08. The molecule has 93 valence electrons. The lowest BCUT2D eigenvalue weighted by molar-refractivity contribution is 0.306. The van der Waals surface area contributed by atoms with Crippen molar-refractivity contribution < 1.29 is 4.74 Å². The number of unbranched alkanes of at least 4 members (excludes halogenated alkanes) is 1. The molecule has 2 aromatic rings. The summed E-state index contributed by atoms with van der Waals surface area (Å²) in [6.45, 7) is 4.49. The quantitative estimate of drug-likeness (QED) is 0.725. The van der Waals surface area contributed by atoms with E-state index in [-0.39, 0.29) is 0 Å². The highest BCUT2D eigenvalue weighted by molar-refractivity contribution is 5.29. The Labute approximate surface area is 109 Å². The summed E-state index contributed by atoms with van der Waals surface area (Å²) in [7, 11) is 0. The van der Waals surface area contributed by atoms with Gasteiger partial charge in [0.25, 0.3) is 0 Å². The fraction of sp³-hybridized carbons (Fsp3) is 0.235. The smallest absolute Gasteiger partial charge is 0.120 e. The van der Waals surface area contributed by atoms with Gasteiger partial charge in [-0.25, -0.2) is 0 Å². The SMILES string of the molecule is [CH2]CCCc1cccc(OCc2ccccc2)c1. The van der Waals surface area contributed by atoms with Gasteiger partial charge in [0.05, 0.1) is 0 Å². The number of rotatable bonds is 6. The third-order valence-corrected chi connectivity index (χ3v) is 2.86. The van der Waals surface area contributed by atoms with Gasteiger partial charge in [-0.15, -0.1) is 0 Å². The van der Waals surface area contributed by atoms with E-state index in [1.54, 1.807) is 0 Å². The molecule has 2 rings (SSSR count). The van der Waals surface area contributed by atoms with Gasteiger partial charge in [-0.2, -0.15) is 0 Å². The van der Waals surface area contributed by atoms with Gasteiger partial charge in [0.2, 0.25) is 0 Å². The van der Waals surface area contributed by atoms with E-state index in [1.807, 2.05) is 24.3 Å². The largest absolute Gasteiger partial charge is 0.489 e. The van der Waals surface area contributed by atoms with Gasteiger partial charge in [0.15, 0.2) is 0 Å². The van der Waals surface area contributed by atoms with E-state index in [4.69, 9.17) is 4.74 Å². The van der Waals surface area contributed by atoms with Gasteiger partial charge in [-0.05, 0) is 36.1 Å². The standard InChI is InChI=1S/C17H19O/c1-2-3-8-15-11-7-12-17(13-15)18-14-16-9-5-4-6-10-16/h4-7,9-13H,1-3,8,14H2. The maximum atomic E-state index is 5.80. The molecule has 0 spiro atoms. The second-order valence-electron chi connectivity index (χ2n) is 4.38. The highest BCUT2D eigenvalue weighted by atomic mass is 16.5. The molecule has 0 saturated heterocycles. The average molecular weight is 239 g/mol. The van der Waals surface area contributed by atoms with Crippen LogP contribution in [0.1, 0.15) is 24.0 Å². The van der Waals surface area contributed by atoms with Gasteiger partial charge in [-0.3, -0.25) is 0 Å². The summed E-state index contributed by atoms with van der Waals surface area (Å²) in [5.74, 6) is 0.945. The van der Waals surface area contributed by atoms with Gasteiger partial charge in [0, 0.05) is 0 Å². The highest BCUT2D eigenvalue weighted by Gasteiger charge is 1.98. The molecule has 1 radical (unpaired) electrons. The molecular formula is C17H19O. The number of benzene rings is 2. The third-order valence-electron chi connectivity index (χ3n) is 2.86. The van der Waals surface area contributed by atoms with Crippen molar-refractivity contribution in [1.82, 2.24) is 0 Å². The zero-order valence-electron chi connectivity index (χ0n) is 10.6. The van der Waals surface area contributed by atoms with Crippen LogP contribution in [0.2, 0.25) is 0 Å². The molecule has 0 aliphatic rings. The van der Waals surface area contributed by atoms with Gasteiger partial charge in [0.1, 0.15) is 12.4 Å². The number of hydrogen-bond acceptors (Lipinski definition) is 1. The summed E-state index contributed by atoms with van der Waals surface area (Å²) < 4.78 is 5.80. The number of ether oxygens (including phenoxy) is 1. The molecule has 0 bridgehead atoms. The van der Waals surface area contributed by atoms with E-state index in [0.717, 1.165) is 25.0 Å². The number of hydrogen-bond donors (Lipinski definition) is 0. The van der Waals surface area contributed by atoms with Crippen molar-refractivity contribution in [3.05, 3.63) is 72.6 Å². The van der Waals surface area contributed by atoms with Crippen molar-refractivity contribution in [2.45, 2.75) is 25.9 Å². The van der Waals surface area contributed by atoms with Gasteiger partial charge in [-0.1, -0.05) is 55.8 Å². The van der Waals surface area contributed by atoms with Crippen LogP contribution in [0.3, 0.4) is 0 Å². The van der Waals surface area contributed by atoms with E-state index in [2.05, 4.69) is 37.3 Å². The molecule has 2 aromatic carbocycles. The topological polar surface area (TPSA) is 9.23 Å². The van der Waals surface area contributed by atoms with Crippen LogP contribution in [0.15, 0.2) is 54.6 Å². The second kappa shape index (κ2) is 6.85. The Balaban J connectivity index is 1.93. The summed E-state index contributed by atoms with van der Waals surface area (Å²) >= 11 is 0. The predicted molar refractivity (Wildman–Crippen MR) is 75.5 cm³/mol. The molecule has 0 saturated carbocycles. The Hall–Kier alpha value is -1.76. The molecule has 1 nitrogen and oxygen atoms in total. The maximum absolute atomic E-state index is 5.80. The van der Waals surface area contributed by atoms with Crippen molar-refractivity contribution in [1.29, 1.82) is 0 Å². The van der Waals surface area contributed by atoms with Crippen LogP contribution in [0, 0.1) is 6.92 Å². The van der Waals surface area contributed by atoms with Crippen LogP contribution >= 0.6 is 0 Å². The van der Waals surface area contributed by atoms with Gasteiger partial charge < -0.3 is 4.74 Å². The first-order valence-corrected chi connectivity index (χ1v) is 6.43. The van der Waals surface area contributed by atoms with E-state index in [1.165, 1.54) is 11.1 Å². The molecule has 0 heterocycles. The van der Waals surface area contributed by atoms with E-state index < -0.39 is 0 Å². The summed E-state index contributed by atoms with van der Waals surface area (Å²) in [6, 6.07) is 18.6. The van der Waals surface area contributed by atoms with Crippen molar-refractivity contribution in [2.24, 2.45) is 0 Å². The molecule has 0 fully saturated rings. The Bertz CT molecular complexity index is 462. The average Bonchev–Trinajstić information content (AvgIpc) is 2.44. The molecule has 0 aliphatic carbocycles. The van der Waals surface area contributed by atoms with Crippen molar-refractivity contribution in [3.8, 4) is 5.75 Å². The molecule has 0 atom stereocenters. The summed E-state index contributed by atoms with van der Waals surface area (Å²) in [5.41, 5.74) is 2.52. The zero-order valence-corrected chi connectivity index (χ0v) is 10.6. The molecule has 0 aliphatic heterocycles. The first-order valence-electron chi connectivity index (χ1n) is 6.43. The maximum Gasteiger partial charge on any atom is 0.120 e. The molecule has 1 heteroatoms. The molecule has 0 unspecified atom stereocenters. The Morgan fingerprint density at radius 2 is 1.67 bits per heavy atom. The summed E-state index contributed by atoms with van der Waals surface area (Å²) in [6.07, 6.45) is 3.18. The minimum absolute atomic E-state index is 0.625. The van der Waals surface area contributed by atoms with E-state index in [9.17, 15) is 0 Å². The van der Waals surface area contributed by atoms with Crippen LogP contribution in [-0.4, -0.2) is 0 Å². The predicted octanol–water partition coefficient (Wildman–Crippen LogP) is 4.42. The number of aryl methyl sites for hydroxylation is 1. The molecule has 0 N–H and O–H groups in total. The van der Waals surface area contributed by atoms with E-state index >= 15 is 0 Å². The highest BCUT2D eigenvalue weighted by Crippen LogP contribution is 2.16. The lowest BCUT2D eigenvalue weighted by atomic mass is 10.1. The van der Waals surface area contributed by atoms with Crippen molar-refractivity contribution >= 4 is 0 Å². The molecular weight excluding hydrogens is 220 g/mol. The normalized spacial score (nSPS) is 10.3. The monoisotopic (exact) mass is 239 g/mol. The van der Waals surface area contributed by atoms with Crippen LogP contribution in [0.25, 0.3) is 0 Å². The van der Waals surface area contributed by atoms with Crippen LogP contribution in [0.4, 0.5) is 0 Å². The molecule has 18 heavy (non-hydrogen) atoms. The van der Waals surface area contributed by atoms with Crippen molar-refractivity contribution in [2.75, 3.05) is 0 Å². The molecule has 0 amide bonds. The fourth-order valence-corrected chi connectivity index (χ4v) is 1.86. The van der Waals surface area contributed by atoms with Crippen LogP contribution in [-0.2, 0) is 13.0 Å².